The molecule has 158 valence electrons. The maximum absolute atomic E-state index is 13.3. The second kappa shape index (κ2) is 8.79. The summed E-state index contributed by atoms with van der Waals surface area (Å²) in [6.07, 6.45) is 1.31. The highest BCUT2D eigenvalue weighted by atomic mass is 32.2. The summed E-state index contributed by atoms with van der Waals surface area (Å²) in [5, 5.41) is 19.7. The monoisotopic (exact) mass is 444 g/mol. The number of carbonyl (C=O) groups excluding carboxylic acids is 3. The minimum atomic E-state index is -1.41. The summed E-state index contributed by atoms with van der Waals surface area (Å²) in [5.74, 6) is -4.94. The lowest BCUT2D eigenvalue weighted by Crippen LogP contribution is -2.36. The third-order valence-electron chi connectivity index (χ3n) is 4.09. The third-order valence-corrected chi connectivity index (χ3v) is 5.00. The number of benzene rings is 2. The number of carbonyl (C=O) groups is 5. The number of nitrogens with zero attached hydrogens (tertiary/aromatic N) is 1. The summed E-state index contributed by atoms with van der Waals surface area (Å²) in [5.41, 5.74) is -0.561. The quantitative estimate of drug-likeness (QED) is 0.578. The Morgan fingerprint density at radius 1 is 1.06 bits per heavy atom. The molecular formula is C20H13FN2O7S. The van der Waals surface area contributed by atoms with Gasteiger partial charge in [0.25, 0.3) is 11.1 Å². The van der Waals surface area contributed by atoms with Crippen LogP contribution < -0.4 is 5.32 Å². The van der Waals surface area contributed by atoms with Gasteiger partial charge in [0.15, 0.2) is 0 Å². The van der Waals surface area contributed by atoms with E-state index in [0.717, 1.165) is 18.2 Å². The number of aromatic carboxylic acids is 2. The van der Waals surface area contributed by atoms with Crippen LogP contribution in [0.2, 0.25) is 0 Å². The van der Waals surface area contributed by atoms with Crippen LogP contribution in [0.3, 0.4) is 0 Å². The highest BCUT2D eigenvalue weighted by molar-refractivity contribution is 8.18. The summed E-state index contributed by atoms with van der Waals surface area (Å²) < 4.78 is 13.3. The lowest BCUT2D eigenvalue weighted by molar-refractivity contribution is -0.127. The van der Waals surface area contributed by atoms with Gasteiger partial charge in [-0.3, -0.25) is 19.3 Å². The molecule has 11 heteroatoms. The predicted molar refractivity (Wildman–Crippen MR) is 108 cm³/mol. The molecule has 1 heterocycles. The van der Waals surface area contributed by atoms with Crippen LogP contribution in [0.1, 0.15) is 26.3 Å². The number of nitrogens with one attached hydrogen (secondary N) is 1. The third kappa shape index (κ3) is 4.95. The summed E-state index contributed by atoms with van der Waals surface area (Å²) in [7, 11) is 0. The Morgan fingerprint density at radius 2 is 1.81 bits per heavy atom. The molecule has 1 saturated heterocycles. The number of carboxylic acids is 2. The topological polar surface area (TPSA) is 141 Å². The first-order valence-corrected chi connectivity index (χ1v) is 9.39. The van der Waals surface area contributed by atoms with Crippen LogP contribution in [-0.2, 0) is 9.59 Å². The van der Waals surface area contributed by atoms with E-state index in [1.807, 2.05) is 0 Å². The van der Waals surface area contributed by atoms with Crippen molar-refractivity contribution >= 4 is 52.5 Å². The van der Waals surface area contributed by atoms with Gasteiger partial charge in [0, 0.05) is 0 Å². The van der Waals surface area contributed by atoms with Crippen molar-refractivity contribution in [3.63, 3.8) is 0 Å². The van der Waals surface area contributed by atoms with Crippen LogP contribution in [0.5, 0.6) is 0 Å². The normalized spacial score (nSPS) is 14.7. The van der Waals surface area contributed by atoms with Crippen molar-refractivity contribution in [3.05, 3.63) is 69.9 Å². The van der Waals surface area contributed by atoms with Crippen molar-refractivity contribution < 1.29 is 38.6 Å². The molecular weight excluding hydrogens is 431 g/mol. The molecule has 31 heavy (non-hydrogen) atoms. The molecule has 3 amide bonds. The van der Waals surface area contributed by atoms with Gasteiger partial charge in [-0.05, 0) is 53.7 Å². The smallest absolute Gasteiger partial charge is 0.337 e. The van der Waals surface area contributed by atoms with Gasteiger partial charge in [0.1, 0.15) is 12.4 Å². The molecule has 3 rings (SSSR count). The van der Waals surface area contributed by atoms with E-state index in [0.29, 0.717) is 22.2 Å². The predicted octanol–water partition coefficient (Wildman–Crippen LogP) is 2.90. The number of thioether (sulfide) groups is 1. The molecule has 1 aliphatic rings. The number of hydrogen-bond acceptors (Lipinski definition) is 6. The highest BCUT2D eigenvalue weighted by Gasteiger charge is 2.36. The molecule has 2 aromatic carbocycles. The van der Waals surface area contributed by atoms with E-state index in [4.69, 9.17) is 5.11 Å². The minimum absolute atomic E-state index is 0.0116. The number of hydrogen-bond donors (Lipinski definition) is 3. The van der Waals surface area contributed by atoms with Gasteiger partial charge < -0.3 is 15.5 Å². The zero-order valence-electron chi connectivity index (χ0n) is 15.5. The number of anilines is 1. The van der Waals surface area contributed by atoms with Gasteiger partial charge in [0.2, 0.25) is 5.91 Å². The molecule has 0 radical (unpaired) electrons. The Hall–Kier alpha value is -3.99. The number of carboxylic acid groups (broad SMARTS) is 2. The molecule has 0 saturated carbocycles. The van der Waals surface area contributed by atoms with E-state index in [1.54, 1.807) is 0 Å². The van der Waals surface area contributed by atoms with Crippen molar-refractivity contribution in [2.24, 2.45) is 0 Å². The Bertz CT molecular complexity index is 1160. The average Bonchev–Trinajstić information content (AvgIpc) is 2.95. The van der Waals surface area contributed by atoms with Gasteiger partial charge in [-0.25, -0.2) is 14.0 Å². The number of rotatable bonds is 6. The summed E-state index contributed by atoms with van der Waals surface area (Å²) in [6, 6.07) is 8.40. The van der Waals surface area contributed by atoms with Crippen LogP contribution in [0.25, 0.3) is 6.08 Å². The minimum Gasteiger partial charge on any atom is -0.478 e. The maximum Gasteiger partial charge on any atom is 0.337 e. The number of amides is 3. The molecule has 3 N–H and O–H groups in total. The second-order valence-electron chi connectivity index (χ2n) is 6.24. The lowest BCUT2D eigenvalue weighted by Gasteiger charge is -2.14. The molecule has 0 aliphatic carbocycles. The zero-order chi connectivity index (χ0) is 22.7. The van der Waals surface area contributed by atoms with Crippen molar-refractivity contribution in [2.45, 2.75) is 0 Å². The second-order valence-corrected chi connectivity index (χ2v) is 7.23. The van der Waals surface area contributed by atoms with Crippen molar-refractivity contribution in [3.8, 4) is 0 Å². The SMILES string of the molecule is O=C(CN1C(=O)S/C(=C\c2cccc(F)c2)C1=O)Nc1cc(C(=O)O)ccc1C(=O)O. The average molecular weight is 444 g/mol. The molecule has 0 unspecified atom stereocenters. The largest absolute Gasteiger partial charge is 0.478 e. The molecule has 9 nitrogen and oxygen atoms in total. The van der Waals surface area contributed by atoms with Crippen LogP contribution in [0.15, 0.2) is 47.4 Å². The van der Waals surface area contributed by atoms with E-state index in [9.17, 15) is 33.5 Å². The van der Waals surface area contributed by atoms with Crippen LogP contribution in [0.4, 0.5) is 14.9 Å². The van der Waals surface area contributed by atoms with E-state index in [-0.39, 0.29) is 21.7 Å². The lowest BCUT2D eigenvalue weighted by atomic mass is 10.1. The Kier molecular flexibility index (Phi) is 6.16. The molecule has 0 spiro atoms. The van der Waals surface area contributed by atoms with E-state index in [2.05, 4.69) is 5.32 Å². The molecule has 0 bridgehead atoms. The summed E-state index contributed by atoms with van der Waals surface area (Å²) in [4.78, 5) is 60.0. The highest BCUT2D eigenvalue weighted by Crippen LogP contribution is 2.32. The first kappa shape index (κ1) is 21.7. The van der Waals surface area contributed by atoms with Crippen molar-refractivity contribution in [1.29, 1.82) is 0 Å². The van der Waals surface area contributed by atoms with Gasteiger partial charge in [-0.1, -0.05) is 12.1 Å². The van der Waals surface area contributed by atoms with E-state index < -0.39 is 41.4 Å². The molecule has 0 atom stereocenters. The van der Waals surface area contributed by atoms with Gasteiger partial charge in [0.05, 0.1) is 21.7 Å². The summed E-state index contributed by atoms with van der Waals surface area (Å²) >= 11 is 0.569. The van der Waals surface area contributed by atoms with Gasteiger partial charge in [-0.2, -0.15) is 0 Å². The zero-order valence-corrected chi connectivity index (χ0v) is 16.3. The molecule has 1 aliphatic heterocycles. The van der Waals surface area contributed by atoms with Crippen LogP contribution in [-0.4, -0.2) is 50.6 Å². The van der Waals surface area contributed by atoms with E-state index >= 15 is 0 Å². The molecule has 0 aromatic heterocycles. The van der Waals surface area contributed by atoms with Crippen molar-refractivity contribution in [1.82, 2.24) is 4.90 Å². The fourth-order valence-corrected chi connectivity index (χ4v) is 3.52. The number of halogens is 1. The summed E-state index contributed by atoms with van der Waals surface area (Å²) in [6.45, 7) is -0.721. The van der Waals surface area contributed by atoms with Crippen LogP contribution in [0, 0.1) is 5.82 Å². The molecule has 2 aromatic rings. The fraction of sp³-hybridized carbons (Fsp3) is 0.0500. The fourth-order valence-electron chi connectivity index (χ4n) is 2.68. The Labute approximate surface area is 178 Å². The first-order chi connectivity index (χ1) is 14.7. The van der Waals surface area contributed by atoms with Crippen molar-refractivity contribution in [2.75, 3.05) is 11.9 Å². The molecule has 1 fully saturated rings. The van der Waals surface area contributed by atoms with Gasteiger partial charge in [-0.15, -0.1) is 0 Å². The van der Waals surface area contributed by atoms with Gasteiger partial charge >= 0.3 is 11.9 Å². The maximum atomic E-state index is 13.3. The number of imide groups is 1. The first-order valence-electron chi connectivity index (χ1n) is 8.57. The van der Waals surface area contributed by atoms with Crippen LogP contribution >= 0.6 is 11.8 Å². The Balaban J connectivity index is 1.77. The Morgan fingerprint density at radius 3 is 2.45 bits per heavy atom. The standard InChI is InChI=1S/C20H13FN2O7S/c21-12-3-1-2-10(6-12)7-15-17(25)23(20(30)31-15)9-16(24)22-14-8-11(18(26)27)4-5-13(14)19(28)29/h1-8H,9H2,(H,22,24)(H,26,27)(H,28,29)/b15-7-. The van der Waals surface area contributed by atoms with E-state index in [1.165, 1.54) is 30.3 Å².